The summed E-state index contributed by atoms with van der Waals surface area (Å²) in [4.78, 5) is 46.7. The molecule has 5 fully saturated rings. The number of nitrogens with zero attached hydrogens (tertiary/aromatic N) is 6. The lowest BCUT2D eigenvalue weighted by molar-refractivity contribution is -0.890. The van der Waals surface area contributed by atoms with Gasteiger partial charge in [0, 0.05) is 84.8 Å². The number of quaternary nitrogens is 1. The zero-order valence-electron chi connectivity index (χ0n) is 40.6. The van der Waals surface area contributed by atoms with Gasteiger partial charge >= 0.3 is 11.7 Å². The normalized spacial score (nSPS) is 38.0. The highest BCUT2D eigenvalue weighted by Gasteiger charge is 2.79. The minimum Gasteiger partial charge on any atom is -0.633 e. The van der Waals surface area contributed by atoms with Gasteiger partial charge < -0.3 is 55.1 Å². The molecule has 376 valence electrons. The van der Waals surface area contributed by atoms with E-state index in [9.17, 15) is 20.3 Å². The van der Waals surface area contributed by atoms with E-state index in [-0.39, 0.29) is 60.4 Å². The number of H-pyrrole nitrogens is 1. The highest BCUT2D eigenvalue weighted by Crippen LogP contribution is 2.68. The summed E-state index contributed by atoms with van der Waals surface area (Å²) in [5.41, 5.74) is -2.15. The molecule has 6 N–H and O–H groups in total. The monoisotopic (exact) mass is 974 g/mol. The number of anilines is 3. The fraction of sp³-hybridized carbons (Fsp3) is 0.569. The molecule has 8 heterocycles. The van der Waals surface area contributed by atoms with Crippen molar-refractivity contribution in [2.45, 2.75) is 104 Å². The van der Waals surface area contributed by atoms with Crippen molar-refractivity contribution >= 4 is 45.7 Å². The highest BCUT2D eigenvalue weighted by molar-refractivity contribution is 5.93. The number of aliphatic hydroxyl groups excluding tert-OH is 1. The number of ether oxygens (including phenoxy) is 3. The summed E-state index contributed by atoms with van der Waals surface area (Å²) < 4.78 is 18.6. The molecule has 71 heavy (non-hydrogen) atoms. The van der Waals surface area contributed by atoms with Gasteiger partial charge in [-0.2, -0.15) is 10.3 Å². The van der Waals surface area contributed by atoms with Crippen LogP contribution in [0.25, 0.3) is 11.0 Å². The minimum atomic E-state index is -2.42. The summed E-state index contributed by atoms with van der Waals surface area (Å²) in [6.45, 7) is 6.26. The number of epoxide rings is 1. The molecule has 4 aromatic rings. The third-order valence-corrected chi connectivity index (χ3v) is 18.7. The summed E-state index contributed by atoms with van der Waals surface area (Å²) in [5, 5.41) is 73.9. The van der Waals surface area contributed by atoms with Gasteiger partial charge in [0.05, 0.1) is 44.3 Å². The molecule has 20 heteroatoms. The molecule has 2 bridgehead atoms. The van der Waals surface area contributed by atoms with Crippen molar-refractivity contribution in [3.63, 3.8) is 0 Å². The first-order valence-corrected chi connectivity index (χ1v) is 25.1. The Morgan fingerprint density at radius 2 is 1.90 bits per heavy atom. The molecule has 8 aliphatic rings. The largest absolute Gasteiger partial charge is 0.633 e. The average molecular weight is 975 g/mol. The van der Waals surface area contributed by atoms with Crippen molar-refractivity contribution in [2.24, 2.45) is 11.3 Å². The molecule has 1 aromatic heterocycles. The predicted octanol–water partition coefficient (Wildman–Crippen LogP) is 3.58. The number of hydroxylamine groups is 3. The van der Waals surface area contributed by atoms with Gasteiger partial charge in [0.2, 0.25) is 0 Å². The number of piperidine rings is 1. The van der Waals surface area contributed by atoms with Crippen molar-refractivity contribution in [3.05, 3.63) is 92.7 Å². The number of para-hydroxylation sites is 1. The van der Waals surface area contributed by atoms with Crippen LogP contribution >= 0.6 is 0 Å². The van der Waals surface area contributed by atoms with Crippen LogP contribution in [-0.2, 0) is 29.9 Å². The number of hydrogen-bond donors (Lipinski definition) is 6. The molecule has 3 aromatic carbocycles. The number of amides is 1. The van der Waals surface area contributed by atoms with E-state index in [0.717, 1.165) is 16.8 Å². The second kappa shape index (κ2) is 15.8. The Labute approximate surface area is 410 Å². The van der Waals surface area contributed by atoms with Gasteiger partial charge in [-0.15, -0.1) is 5.10 Å². The second-order valence-electron chi connectivity index (χ2n) is 21.6. The lowest BCUT2D eigenvalue weighted by Crippen LogP contribution is -2.81. The number of esters is 1. The van der Waals surface area contributed by atoms with Crippen LogP contribution in [-0.4, -0.2) is 161 Å². The fourth-order valence-electron chi connectivity index (χ4n) is 15.9. The van der Waals surface area contributed by atoms with E-state index < -0.39 is 67.1 Å². The number of benzene rings is 3. The van der Waals surface area contributed by atoms with Crippen LogP contribution in [0.1, 0.15) is 68.6 Å². The van der Waals surface area contributed by atoms with Crippen LogP contribution in [0, 0.1) is 26.7 Å². The number of nitrogens with one attached hydrogen (secondary N) is 4. The summed E-state index contributed by atoms with van der Waals surface area (Å²) in [6.07, 6.45) is 4.56. The zero-order chi connectivity index (χ0) is 49.6. The van der Waals surface area contributed by atoms with Crippen LogP contribution in [0.15, 0.2) is 60.7 Å². The molecule has 20 nitrogen and oxygen atoms in total. The van der Waals surface area contributed by atoms with Gasteiger partial charge in [0.15, 0.2) is 11.1 Å². The smallest absolute Gasteiger partial charge is 0.321 e. The number of fused-ring (bicyclic) bond motifs is 9. The molecule has 13 atom stereocenters. The molecule has 7 aliphatic heterocycles. The van der Waals surface area contributed by atoms with Crippen LogP contribution in [0.2, 0.25) is 0 Å². The maximum absolute atomic E-state index is 15.6. The molecule has 4 saturated heterocycles. The Morgan fingerprint density at radius 3 is 2.66 bits per heavy atom. The van der Waals surface area contributed by atoms with E-state index >= 15 is 14.8 Å². The number of rotatable bonds is 11. The van der Waals surface area contributed by atoms with Gasteiger partial charge in [-0.3, -0.25) is 24.6 Å². The number of aromatic amines is 1. The number of carbonyl (C=O) groups excluding carboxylic acids is 2. The molecule has 12 rings (SSSR count). The predicted molar refractivity (Wildman–Crippen MR) is 261 cm³/mol. The Hall–Kier alpha value is -5.90. The highest BCUT2D eigenvalue weighted by atomic mass is 16.6. The van der Waals surface area contributed by atoms with E-state index in [4.69, 9.17) is 14.2 Å². The summed E-state index contributed by atoms with van der Waals surface area (Å²) in [5.74, 6) is -1.39. The SMILES string of the molecule is CCC12C[N+]3([O-])CCC4c5ccccc5NC4[C@@](C(=O)OC)(c4cc5c(cc4OC)N(C)[C@@H]4[C@](O)(C(=O)NCCNc6ccc7n[nH]nc7c6[N+](=O)[O-])[C@@H](O)[C@@]6(CC)C=CCN7CC[C@@]54[C@H]76)CC(C3)C1O2. The number of aromatic nitrogens is 3. The van der Waals surface area contributed by atoms with Crippen LogP contribution in [0.5, 0.6) is 5.75 Å². The number of aliphatic hydroxyl groups is 2. The van der Waals surface area contributed by atoms with Gasteiger partial charge in [0.25, 0.3) is 5.91 Å². The Kier molecular flexibility index (Phi) is 10.3. The van der Waals surface area contributed by atoms with E-state index in [1.165, 1.54) is 13.2 Å². The topological polar surface area (TPSA) is 256 Å². The molecule has 6 unspecified atom stereocenters. The van der Waals surface area contributed by atoms with E-state index in [0.29, 0.717) is 80.9 Å². The first kappa shape index (κ1) is 46.2. The molecule has 0 radical (unpaired) electrons. The van der Waals surface area contributed by atoms with Gasteiger partial charge in [-0.1, -0.05) is 44.2 Å². The lowest BCUT2D eigenvalue weighted by Gasteiger charge is -2.63. The lowest BCUT2D eigenvalue weighted by atomic mass is 9.47. The Morgan fingerprint density at radius 1 is 1.08 bits per heavy atom. The maximum Gasteiger partial charge on any atom is 0.321 e. The maximum atomic E-state index is 15.6. The first-order chi connectivity index (χ1) is 34.1. The first-order valence-electron chi connectivity index (χ1n) is 25.1. The Balaban J connectivity index is 0.995. The molecular weight excluding hydrogens is 913 g/mol. The molecular formula is C51H62N10O10. The van der Waals surface area contributed by atoms with E-state index in [1.807, 2.05) is 55.3 Å². The van der Waals surface area contributed by atoms with E-state index in [1.54, 1.807) is 13.2 Å². The number of methoxy groups -OCH3 is 2. The van der Waals surface area contributed by atoms with Crippen molar-refractivity contribution in [1.29, 1.82) is 0 Å². The number of hydrogen-bond acceptors (Lipinski definition) is 16. The standard InChI is InChI=1S/C51H62N10O10/c1-6-47-16-10-20-59-21-17-49(42(47)59)31-23-32(50(46(64)70-5)25-28-26-61(68,27-48(7-2)41(28)71-48)22-15-30-29-11-8-9-12-33(29)54-40(30)50)37(69-4)24-36(31)58(3)43(49)51(65,44(47)62)45(63)53-19-18-52-35-14-13-34-38(56-57-55-34)39(35)60(66)67/h8-14,16,23-24,28,30,40-44,52,54,62,65H,6-7,15,17-22,25-27H2,1-5H3,(H,53,63)(H,55,56,57)/t28?,30?,40?,41?,42-,43+,44+,47+,48?,49+,50+,51-,61?/m1/s1. The number of nitro benzene ring substituents is 1. The van der Waals surface area contributed by atoms with Gasteiger partial charge in [-0.05, 0) is 67.6 Å². The van der Waals surface area contributed by atoms with Crippen LogP contribution < -0.4 is 25.6 Å². The zero-order valence-corrected chi connectivity index (χ0v) is 40.6. The minimum absolute atomic E-state index is 0.0397. The molecule has 1 amide bonds. The summed E-state index contributed by atoms with van der Waals surface area (Å²) in [6, 6.07) is 13.3. The average Bonchev–Trinajstić information content (AvgIpc) is 3.72. The van der Waals surface area contributed by atoms with Crippen molar-refractivity contribution in [1.82, 2.24) is 25.6 Å². The molecule has 1 aliphatic carbocycles. The number of likely N-dealkylation sites (N-methyl/N-ethyl adjacent to an activating group) is 1. The van der Waals surface area contributed by atoms with Crippen LogP contribution in [0.4, 0.5) is 22.7 Å². The number of nitro groups is 1. The quantitative estimate of drug-likeness (QED) is 0.0184. The number of carbonyl (C=O) groups is 2. The summed E-state index contributed by atoms with van der Waals surface area (Å²) in [7, 11) is 4.84. The van der Waals surface area contributed by atoms with Gasteiger partial charge in [-0.25, -0.2) is 0 Å². The van der Waals surface area contributed by atoms with Crippen molar-refractivity contribution in [3.8, 4) is 5.75 Å². The Bertz CT molecular complexity index is 2920. The third-order valence-electron chi connectivity index (χ3n) is 18.7. The van der Waals surface area contributed by atoms with Crippen molar-refractivity contribution in [2.75, 3.05) is 82.6 Å². The second-order valence-corrected chi connectivity index (χ2v) is 21.6. The third kappa shape index (κ3) is 5.99. The van der Waals surface area contributed by atoms with Crippen molar-refractivity contribution < 1.29 is 43.6 Å². The molecule has 1 spiro atoms. The molecule has 1 saturated carbocycles. The van der Waals surface area contributed by atoms with E-state index in [2.05, 4.69) is 55.3 Å². The van der Waals surface area contributed by atoms with Gasteiger partial charge in [0.1, 0.15) is 46.7 Å². The summed E-state index contributed by atoms with van der Waals surface area (Å²) >= 11 is 0. The van der Waals surface area contributed by atoms with Crippen LogP contribution in [0.3, 0.4) is 0 Å². The fourth-order valence-corrected chi connectivity index (χ4v) is 15.9.